The van der Waals surface area contributed by atoms with Gasteiger partial charge in [-0.3, -0.25) is 25.2 Å². The minimum Gasteiger partial charge on any atom is -0.478 e. The van der Waals surface area contributed by atoms with Gasteiger partial charge in [0, 0.05) is 24.5 Å². The standard InChI is InChI=1S/C22H27FN4O5S/c1-16(32-20-8-4-3-7-19(20)23)22(29)25-24-21(28)15-33(30,31)26-17-9-11-18(12-10-17)27-13-5-2-6-14-27/h3-4,7-12,16,26H,2,5-6,13-15H2,1H3,(H,24,28)(H,25,29). The molecule has 0 bridgehead atoms. The van der Waals surface area contributed by atoms with E-state index in [4.69, 9.17) is 4.74 Å². The van der Waals surface area contributed by atoms with E-state index in [1.54, 1.807) is 18.2 Å². The SMILES string of the molecule is CC(Oc1ccccc1F)C(=O)NNC(=O)CS(=O)(=O)Nc1ccc(N2CCCCC2)cc1. The van der Waals surface area contributed by atoms with Gasteiger partial charge >= 0.3 is 0 Å². The van der Waals surface area contributed by atoms with Crippen LogP contribution in [-0.2, 0) is 19.6 Å². The monoisotopic (exact) mass is 478 g/mol. The van der Waals surface area contributed by atoms with Crippen LogP contribution in [0.25, 0.3) is 0 Å². The van der Waals surface area contributed by atoms with E-state index < -0.39 is 39.5 Å². The van der Waals surface area contributed by atoms with Crippen LogP contribution in [0.1, 0.15) is 26.2 Å². The van der Waals surface area contributed by atoms with Crippen molar-refractivity contribution in [2.24, 2.45) is 0 Å². The first-order valence-electron chi connectivity index (χ1n) is 10.6. The molecular formula is C22H27FN4O5S. The van der Waals surface area contributed by atoms with Gasteiger partial charge in [-0.25, -0.2) is 12.8 Å². The molecule has 3 rings (SSSR count). The number of ether oxygens (including phenoxy) is 1. The Bertz CT molecular complexity index is 1070. The quantitative estimate of drug-likeness (QED) is 0.501. The van der Waals surface area contributed by atoms with Gasteiger partial charge in [0.15, 0.2) is 17.7 Å². The lowest BCUT2D eigenvalue weighted by molar-refractivity contribution is -0.132. The third-order valence-electron chi connectivity index (χ3n) is 5.02. The average Bonchev–Trinajstić information content (AvgIpc) is 2.79. The summed E-state index contributed by atoms with van der Waals surface area (Å²) in [5.74, 6) is -3.38. The molecule has 33 heavy (non-hydrogen) atoms. The van der Waals surface area contributed by atoms with Gasteiger partial charge in [-0.15, -0.1) is 0 Å². The molecular weight excluding hydrogens is 451 g/mol. The number of carbonyl (C=O) groups is 2. The number of anilines is 2. The van der Waals surface area contributed by atoms with Crippen molar-refractivity contribution in [3.05, 3.63) is 54.3 Å². The topological polar surface area (TPSA) is 117 Å². The molecule has 1 atom stereocenters. The van der Waals surface area contributed by atoms with Crippen molar-refractivity contribution in [1.29, 1.82) is 0 Å². The van der Waals surface area contributed by atoms with E-state index >= 15 is 0 Å². The maximum absolute atomic E-state index is 13.6. The van der Waals surface area contributed by atoms with Gasteiger partial charge in [0.25, 0.3) is 11.8 Å². The van der Waals surface area contributed by atoms with Gasteiger partial charge < -0.3 is 9.64 Å². The van der Waals surface area contributed by atoms with Gasteiger partial charge in [0.05, 0.1) is 0 Å². The number of sulfonamides is 1. The van der Waals surface area contributed by atoms with Crippen molar-refractivity contribution in [3.8, 4) is 5.75 Å². The second-order valence-electron chi connectivity index (χ2n) is 7.68. The van der Waals surface area contributed by atoms with Crippen LogP contribution in [0.15, 0.2) is 48.5 Å². The third-order valence-corrected chi connectivity index (χ3v) is 6.21. The summed E-state index contributed by atoms with van der Waals surface area (Å²) in [6, 6.07) is 12.5. The Morgan fingerprint density at radius 1 is 1.03 bits per heavy atom. The van der Waals surface area contributed by atoms with E-state index in [0.717, 1.165) is 31.6 Å². The molecule has 2 aromatic rings. The maximum Gasteiger partial charge on any atom is 0.279 e. The summed E-state index contributed by atoms with van der Waals surface area (Å²) in [5, 5.41) is 0. The summed E-state index contributed by atoms with van der Waals surface area (Å²) in [6.45, 7) is 3.31. The Morgan fingerprint density at radius 3 is 2.36 bits per heavy atom. The van der Waals surface area contributed by atoms with Crippen molar-refractivity contribution >= 4 is 33.2 Å². The highest BCUT2D eigenvalue weighted by atomic mass is 32.2. The predicted molar refractivity (Wildman–Crippen MR) is 123 cm³/mol. The Morgan fingerprint density at radius 2 is 1.70 bits per heavy atom. The molecule has 0 radical (unpaired) electrons. The average molecular weight is 479 g/mol. The minimum absolute atomic E-state index is 0.121. The number of benzene rings is 2. The van der Waals surface area contributed by atoms with Gasteiger partial charge in [0.2, 0.25) is 10.0 Å². The van der Waals surface area contributed by atoms with E-state index in [1.165, 1.54) is 31.5 Å². The molecule has 1 saturated heterocycles. The number of halogens is 1. The number of nitrogens with one attached hydrogen (secondary N) is 3. The number of amides is 2. The molecule has 11 heteroatoms. The summed E-state index contributed by atoms with van der Waals surface area (Å²) in [7, 11) is -4.00. The predicted octanol–water partition coefficient (Wildman–Crippen LogP) is 2.17. The highest BCUT2D eigenvalue weighted by Gasteiger charge is 2.20. The molecule has 0 spiro atoms. The number of carbonyl (C=O) groups excluding carboxylic acids is 2. The van der Waals surface area contributed by atoms with Crippen molar-refractivity contribution in [3.63, 3.8) is 0 Å². The molecule has 178 valence electrons. The van der Waals surface area contributed by atoms with Crippen LogP contribution in [0.3, 0.4) is 0 Å². The van der Waals surface area contributed by atoms with Crippen LogP contribution in [-0.4, -0.2) is 45.2 Å². The zero-order valence-electron chi connectivity index (χ0n) is 18.2. The van der Waals surface area contributed by atoms with Crippen molar-refractivity contribution in [2.75, 3.05) is 28.5 Å². The number of para-hydroxylation sites is 1. The Hall–Kier alpha value is -3.34. The van der Waals surface area contributed by atoms with Gasteiger partial charge in [-0.1, -0.05) is 12.1 Å². The van der Waals surface area contributed by atoms with Crippen LogP contribution in [0.5, 0.6) is 5.75 Å². The number of hydrogen-bond donors (Lipinski definition) is 3. The van der Waals surface area contributed by atoms with Crippen LogP contribution < -0.4 is 25.2 Å². The number of rotatable bonds is 8. The Labute approximate surface area is 192 Å². The van der Waals surface area contributed by atoms with Crippen LogP contribution >= 0.6 is 0 Å². The van der Waals surface area contributed by atoms with E-state index in [9.17, 15) is 22.4 Å². The molecule has 2 amide bonds. The van der Waals surface area contributed by atoms with Crippen LogP contribution in [0, 0.1) is 5.82 Å². The summed E-state index contributed by atoms with van der Waals surface area (Å²) < 4.78 is 45.7. The second-order valence-corrected chi connectivity index (χ2v) is 9.41. The molecule has 1 aliphatic rings. The molecule has 1 fully saturated rings. The van der Waals surface area contributed by atoms with Gasteiger partial charge in [-0.2, -0.15) is 0 Å². The number of nitrogens with zero attached hydrogens (tertiary/aromatic N) is 1. The first-order chi connectivity index (χ1) is 15.7. The fourth-order valence-electron chi connectivity index (χ4n) is 3.33. The number of piperidine rings is 1. The normalized spacial score (nSPS) is 14.8. The highest BCUT2D eigenvalue weighted by Crippen LogP contribution is 2.22. The molecule has 2 aromatic carbocycles. The molecule has 1 heterocycles. The fourth-order valence-corrected chi connectivity index (χ4v) is 4.32. The first kappa shape index (κ1) is 24.3. The van der Waals surface area contributed by atoms with Gasteiger partial charge in [0.1, 0.15) is 5.75 Å². The van der Waals surface area contributed by atoms with E-state index in [2.05, 4.69) is 15.0 Å². The van der Waals surface area contributed by atoms with Crippen LogP contribution in [0.4, 0.5) is 15.8 Å². The number of hydrogen-bond acceptors (Lipinski definition) is 6. The fraction of sp³-hybridized carbons (Fsp3) is 0.364. The second kappa shape index (κ2) is 11.0. The van der Waals surface area contributed by atoms with Crippen molar-refractivity contribution < 1.29 is 27.1 Å². The zero-order valence-corrected chi connectivity index (χ0v) is 19.0. The first-order valence-corrected chi connectivity index (χ1v) is 12.2. The maximum atomic E-state index is 13.6. The number of hydrazine groups is 1. The molecule has 1 aliphatic heterocycles. The summed E-state index contributed by atoms with van der Waals surface area (Å²) in [6.07, 6.45) is 2.35. The largest absolute Gasteiger partial charge is 0.478 e. The highest BCUT2D eigenvalue weighted by molar-refractivity contribution is 7.93. The zero-order chi connectivity index (χ0) is 23.8. The smallest absolute Gasteiger partial charge is 0.279 e. The molecule has 0 aromatic heterocycles. The molecule has 3 N–H and O–H groups in total. The van der Waals surface area contributed by atoms with Gasteiger partial charge in [-0.05, 0) is 62.6 Å². The third kappa shape index (κ3) is 7.35. The van der Waals surface area contributed by atoms with E-state index in [-0.39, 0.29) is 5.75 Å². The Balaban J connectivity index is 1.46. The van der Waals surface area contributed by atoms with E-state index in [0.29, 0.717) is 5.69 Å². The summed E-state index contributed by atoms with van der Waals surface area (Å²) >= 11 is 0. The molecule has 0 saturated carbocycles. The Kier molecular flexibility index (Phi) is 8.10. The summed E-state index contributed by atoms with van der Waals surface area (Å²) in [4.78, 5) is 26.3. The lowest BCUT2D eigenvalue weighted by atomic mass is 10.1. The minimum atomic E-state index is -4.00. The summed E-state index contributed by atoms with van der Waals surface area (Å²) in [5.41, 5.74) is 5.44. The van der Waals surface area contributed by atoms with Crippen molar-refractivity contribution in [2.45, 2.75) is 32.3 Å². The van der Waals surface area contributed by atoms with Crippen molar-refractivity contribution in [1.82, 2.24) is 10.9 Å². The van der Waals surface area contributed by atoms with Crippen LogP contribution in [0.2, 0.25) is 0 Å². The molecule has 1 unspecified atom stereocenters. The lowest BCUT2D eigenvalue weighted by Crippen LogP contribution is -2.49. The van der Waals surface area contributed by atoms with E-state index in [1.807, 2.05) is 17.6 Å². The molecule has 9 nitrogen and oxygen atoms in total. The lowest BCUT2D eigenvalue weighted by Gasteiger charge is -2.28. The molecule has 0 aliphatic carbocycles.